The summed E-state index contributed by atoms with van der Waals surface area (Å²) in [4.78, 5) is 0. The maximum absolute atomic E-state index is 4.24. The zero-order chi connectivity index (χ0) is 5.98. The van der Waals surface area contributed by atoms with E-state index in [-0.39, 0.29) is 0 Å². The van der Waals surface area contributed by atoms with Crippen LogP contribution in [-0.2, 0) is 0 Å². The van der Waals surface area contributed by atoms with Crippen LogP contribution >= 0.6 is 0 Å². The highest BCUT2D eigenvalue weighted by Crippen LogP contribution is 2.06. The van der Waals surface area contributed by atoms with Crippen molar-refractivity contribution in [2.24, 2.45) is 0 Å². The van der Waals surface area contributed by atoms with Crippen molar-refractivity contribution in [1.82, 2.24) is 10.4 Å². The molecule has 0 aromatic rings. The summed E-state index contributed by atoms with van der Waals surface area (Å²) in [6, 6.07) is 0.670. The lowest BCUT2D eigenvalue weighted by Crippen LogP contribution is -2.40. The monoisotopic (exact) mass is 113 g/mol. The summed E-state index contributed by atoms with van der Waals surface area (Å²) in [7, 11) is 2.05. The van der Waals surface area contributed by atoms with Gasteiger partial charge in [0.2, 0.25) is 0 Å². The van der Waals surface area contributed by atoms with Gasteiger partial charge in [-0.2, -0.15) is 5.43 Å². The first-order valence-corrected chi connectivity index (χ1v) is 3.21. The van der Waals surface area contributed by atoms with Gasteiger partial charge in [0.25, 0.3) is 0 Å². The third-order valence-electron chi connectivity index (χ3n) is 1.74. The molecule has 1 unspecified atom stereocenters. The van der Waals surface area contributed by atoms with Gasteiger partial charge >= 0.3 is 0 Å². The maximum Gasteiger partial charge on any atom is 0.0307 e. The van der Waals surface area contributed by atoms with Gasteiger partial charge in [-0.05, 0) is 19.8 Å². The van der Waals surface area contributed by atoms with Crippen molar-refractivity contribution >= 4 is 0 Å². The first-order chi connectivity index (χ1) is 3.80. The molecule has 1 aliphatic rings. The maximum atomic E-state index is 4.24. The minimum atomic E-state index is 0.670. The molecule has 1 fully saturated rings. The Morgan fingerprint density at radius 3 is 2.75 bits per heavy atom. The molecule has 0 spiro atoms. The van der Waals surface area contributed by atoms with Crippen molar-refractivity contribution in [3.05, 3.63) is 0 Å². The molecule has 1 radical (unpaired) electrons. The SMILES string of the molecule is CC1CCC[N]N1C. The molecule has 0 amide bonds. The topological polar surface area (TPSA) is 17.3 Å². The first kappa shape index (κ1) is 6.05. The fourth-order valence-corrected chi connectivity index (χ4v) is 0.941. The molecule has 1 saturated heterocycles. The average Bonchev–Trinajstić information content (AvgIpc) is 1.77. The Balaban J connectivity index is 2.28. The first-order valence-electron chi connectivity index (χ1n) is 3.21. The van der Waals surface area contributed by atoms with Crippen LogP contribution in [0.4, 0.5) is 0 Å². The lowest BCUT2D eigenvalue weighted by molar-refractivity contribution is 0.123. The van der Waals surface area contributed by atoms with Crippen molar-refractivity contribution in [2.75, 3.05) is 13.6 Å². The fraction of sp³-hybridized carbons (Fsp3) is 1.00. The van der Waals surface area contributed by atoms with E-state index in [0.717, 1.165) is 6.54 Å². The van der Waals surface area contributed by atoms with Crippen LogP contribution in [0, 0.1) is 0 Å². The molecular weight excluding hydrogens is 100 g/mol. The Bertz CT molecular complexity index is 62.9. The normalized spacial score (nSPS) is 33.0. The van der Waals surface area contributed by atoms with Gasteiger partial charge in [0.15, 0.2) is 0 Å². The molecule has 0 saturated carbocycles. The van der Waals surface area contributed by atoms with Crippen LogP contribution < -0.4 is 5.43 Å². The molecule has 0 N–H and O–H groups in total. The van der Waals surface area contributed by atoms with E-state index in [4.69, 9.17) is 0 Å². The van der Waals surface area contributed by atoms with E-state index >= 15 is 0 Å². The van der Waals surface area contributed by atoms with Crippen LogP contribution in [0.2, 0.25) is 0 Å². The van der Waals surface area contributed by atoms with Crippen LogP contribution in [0.25, 0.3) is 0 Å². The highest BCUT2D eigenvalue weighted by Gasteiger charge is 2.13. The van der Waals surface area contributed by atoms with Crippen molar-refractivity contribution < 1.29 is 0 Å². The minimum absolute atomic E-state index is 0.670. The van der Waals surface area contributed by atoms with E-state index in [0.29, 0.717) is 6.04 Å². The van der Waals surface area contributed by atoms with Crippen LogP contribution in [-0.4, -0.2) is 24.6 Å². The van der Waals surface area contributed by atoms with E-state index in [1.165, 1.54) is 12.8 Å². The molecule has 0 aromatic heterocycles. The Labute approximate surface area is 50.8 Å². The van der Waals surface area contributed by atoms with Gasteiger partial charge in [0.1, 0.15) is 0 Å². The summed E-state index contributed by atoms with van der Waals surface area (Å²) in [5.41, 5.74) is 4.24. The van der Waals surface area contributed by atoms with Crippen LogP contribution in [0.1, 0.15) is 19.8 Å². The van der Waals surface area contributed by atoms with Gasteiger partial charge < -0.3 is 0 Å². The lowest BCUT2D eigenvalue weighted by atomic mass is 10.1. The van der Waals surface area contributed by atoms with Gasteiger partial charge in [-0.1, -0.05) is 0 Å². The third-order valence-corrected chi connectivity index (χ3v) is 1.74. The number of rotatable bonds is 0. The van der Waals surface area contributed by atoms with E-state index in [9.17, 15) is 0 Å². The van der Waals surface area contributed by atoms with Crippen LogP contribution in [0.5, 0.6) is 0 Å². The molecule has 1 atom stereocenters. The Hall–Kier alpha value is -0.0800. The quantitative estimate of drug-likeness (QED) is 0.450. The molecule has 0 aliphatic carbocycles. The van der Waals surface area contributed by atoms with E-state index in [2.05, 4.69) is 17.4 Å². The fourth-order valence-electron chi connectivity index (χ4n) is 0.941. The number of hydrogen-bond donors (Lipinski definition) is 0. The smallest absolute Gasteiger partial charge is 0.0307 e. The second-order valence-corrected chi connectivity index (χ2v) is 2.43. The molecular formula is C6H13N2. The summed E-state index contributed by atoms with van der Waals surface area (Å²) in [5, 5.41) is 2.06. The molecule has 2 nitrogen and oxygen atoms in total. The summed E-state index contributed by atoms with van der Waals surface area (Å²) in [6.45, 7) is 3.24. The van der Waals surface area contributed by atoms with Gasteiger partial charge in [-0.3, -0.25) is 0 Å². The molecule has 8 heavy (non-hydrogen) atoms. The summed E-state index contributed by atoms with van der Waals surface area (Å²) in [5.74, 6) is 0. The van der Waals surface area contributed by atoms with E-state index in [1.54, 1.807) is 0 Å². The van der Waals surface area contributed by atoms with Gasteiger partial charge in [0, 0.05) is 19.6 Å². The van der Waals surface area contributed by atoms with Crippen molar-refractivity contribution in [3.63, 3.8) is 0 Å². The average molecular weight is 113 g/mol. The van der Waals surface area contributed by atoms with Crippen molar-refractivity contribution in [3.8, 4) is 0 Å². The highest BCUT2D eigenvalue weighted by molar-refractivity contribution is 4.64. The van der Waals surface area contributed by atoms with Crippen molar-refractivity contribution in [1.29, 1.82) is 0 Å². The largest absolute Gasteiger partial charge is 0.227 e. The summed E-state index contributed by atoms with van der Waals surface area (Å²) < 4.78 is 0. The zero-order valence-electron chi connectivity index (χ0n) is 5.59. The Morgan fingerprint density at radius 2 is 2.38 bits per heavy atom. The van der Waals surface area contributed by atoms with E-state index in [1.807, 2.05) is 7.05 Å². The van der Waals surface area contributed by atoms with Crippen LogP contribution in [0.15, 0.2) is 0 Å². The third kappa shape index (κ3) is 1.20. The van der Waals surface area contributed by atoms with Gasteiger partial charge in [0.05, 0.1) is 0 Å². The highest BCUT2D eigenvalue weighted by atomic mass is 15.5. The summed E-state index contributed by atoms with van der Waals surface area (Å²) in [6.07, 6.45) is 2.57. The predicted molar refractivity (Wildman–Crippen MR) is 33.5 cm³/mol. The van der Waals surface area contributed by atoms with Gasteiger partial charge in [-0.15, -0.1) is 0 Å². The van der Waals surface area contributed by atoms with E-state index < -0.39 is 0 Å². The molecule has 47 valence electrons. The predicted octanol–water partition coefficient (Wildman–Crippen LogP) is 0.620. The zero-order valence-corrected chi connectivity index (χ0v) is 5.59. The van der Waals surface area contributed by atoms with Crippen LogP contribution in [0.3, 0.4) is 0 Å². The molecule has 2 heteroatoms. The molecule has 0 aromatic carbocycles. The minimum Gasteiger partial charge on any atom is -0.227 e. The number of nitrogens with zero attached hydrogens (tertiary/aromatic N) is 2. The molecule has 1 rings (SSSR count). The lowest BCUT2D eigenvalue weighted by Gasteiger charge is -2.27. The molecule has 1 aliphatic heterocycles. The van der Waals surface area contributed by atoms with Gasteiger partial charge in [-0.25, -0.2) is 5.01 Å². The van der Waals surface area contributed by atoms with Crippen molar-refractivity contribution in [2.45, 2.75) is 25.8 Å². The standard InChI is InChI=1S/C6H13N2/c1-6-4-3-5-7-8(6)2/h6H,3-5H2,1-2H3. The second kappa shape index (κ2) is 2.46. The Morgan fingerprint density at radius 1 is 1.62 bits per heavy atom. The summed E-state index contributed by atoms with van der Waals surface area (Å²) >= 11 is 0. The second-order valence-electron chi connectivity index (χ2n) is 2.43. The molecule has 0 bridgehead atoms. The number of hydrogen-bond acceptors (Lipinski definition) is 1. The Kier molecular flexibility index (Phi) is 1.86. The molecule has 1 heterocycles.